The molecule has 0 saturated heterocycles. The predicted octanol–water partition coefficient (Wildman–Crippen LogP) is 0.804. The first kappa shape index (κ1) is 5.15. The maximum absolute atomic E-state index is 11.0. The Morgan fingerprint density at radius 1 is 1.00 bits per heavy atom. The molecule has 2 rings (SSSR count). The van der Waals surface area contributed by atoms with Crippen LogP contribution < -0.4 is 0 Å². The van der Waals surface area contributed by atoms with Crippen LogP contribution in [0, 0.1) is 0 Å². The molecule has 0 spiro atoms. The van der Waals surface area contributed by atoms with Gasteiger partial charge in [0, 0.05) is 0 Å². The normalized spacial score (nSPS) is 26.2. The van der Waals surface area contributed by atoms with Crippen LogP contribution in [0.25, 0.3) is 0 Å². The summed E-state index contributed by atoms with van der Waals surface area (Å²) in [6.07, 6.45) is 6.59. The minimum atomic E-state index is -3.69. The van der Waals surface area contributed by atoms with Gasteiger partial charge in [-0.05, 0) is 0 Å². The summed E-state index contributed by atoms with van der Waals surface area (Å²) in [7, 11) is 0. The number of hydrogen-bond donors (Lipinski definition) is 0. The van der Waals surface area contributed by atoms with Crippen LogP contribution >= 0.6 is 0 Å². The first-order valence-electron chi connectivity index (χ1n) is 2.56. The zero-order chi connectivity index (χ0) is 6.48. The van der Waals surface area contributed by atoms with Crippen molar-refractivity contribution in [2.24, 2.45) is 0 Å². The van der Waals surface area contributed by atoms with Crippen LogP contribution in [0.5, 0.6) is 0 Å². The summed E-state index contributed by atoms with van der Waals surface area (Å²) in [4.78, 5) is 0. The molecule has 0 amide bonds. The van der Waals surface area contributed by atoms with Gasteiger partial charge < -0.3 is 0 Å². The van der Waals surface area contributed by atoms with Gasteiger partial charge >= 0.3 is 53.6 Å². The van der Waals surface area contributed by atoms with Crippen molar-refractivity contribution in [2.45, 2.75) is 0 Å². The van der Waals surface area contributed by atoms with E-state index in [1.165, 1.54) is 0 Å². The Bertz CT molecular complexity index is 313. The average molecular weight is 187 g/mol. The maximum atomic E-state index is 11.0. The van der Waals surface area contributed by atoms with Gasteiger partial charge in [0.05, 0.1) is 0 Å². The van der Waals surface area contributed by atoms with E-state index in [2.05, 4.69) is 0 Å². The van der Waals surface area contributed by atoms with Crippen molar-refractivity contribution in [3.05, 3.63) is 33.2 Å². The molecule has 46 valence electrons. The minimum absolute atomic E-state index is 0.501. The summed E-state index contributed by atoms with van der Waals surface area (Å²) in [5, 5.41) is 0. The molecule has 2 heterocycles. The molecule has 0 fully saturated rings. The second-order valence-electron chi connectivity index (χ2n) is 1.97. The van der Waals surface area contributed by atoms with Gasteiger partial charge in [-0.25, -0.2) is 0 Å². The fraction of sp³-hybridized carbons (Fsp3) is 0. The summed E-state index contributed by atoms with van der Waals surface area (Å²) < 4.78 is 23.1. The predicted molar refractivity (Wildman–Crippen MR) is 32.4 cm³/mol. The Morgan fingerprint density at radius 3 is 1.56 bits per heavy atom. The van der Waals surface area contributed by atoms with Crippen molar-refractivity contribution < 1.29 is 7.67 Å². The van der Waals surface area contributed by atoms with Crippen LogP contribution in [0.3, 0.4) is 0 Å². The van der Waals surface area contributed by atoms with E-state index in [1.807, 2.05) is 0 Å². The molecule has 0 aliphatic carbocycles. The summed E-state index contributed by atoms with van der Waals surface area (Å²) >= 11 is -3.69. The molecule has 0 radical (unpaired) electrons. The van der Waals surface area contributed by atoms with Crippen molar-refractivity contribution in [1.82, 2.24) is 0 Å². The Morgan fingerprint density at radius 2 is 1.44 bits per heavy atom. The number of rotatable bonds is 0. The average Bonchev–Trinajstić information content (AvgIpc) is 2.24. The van der Waals surface area contributed by atoms with Gasteiger partial charge in [-0.2, -0.15) is 0 Å². The molecule has 0 aromatic rings. The molecule has 0 N–H and O–H groups in total. The van der Waals surface area contributed by atoms with Crippen molar-refractivity contribution in [2.75, 3.05) is 0 Å². The van der Waals surface area contributed by atoms with Gasteiger partial charge in [-0.1, -0.05) is 0 Å². The fourth-order valence-corrected chi connectivity index (χ4v) is 3.58. The van der Waals surface area contributed by atoms with E-state index in [1.54, 1.807) is 24.3 Å². The Kier molecular flexibility index (Phi) is 0.717. The summed E-state index contributed by atoms with van der Waals surface area (Å²) in [6, 6.07) is 0. The molecule has 2 aliphatic rings. The summed E-state index contributed by atoms with van der Waals surface area (Å²) in [6.45, 7) is 0. The van der Waals surface area contributed by atoms with Crippen molar-refractivity contribution in [1.29, 1.82) is 0 Å². The SMILES string of the molecule is O=[Se]1(=O)C2=CC=C1C=C2. The van der Waals surface area contributed by atoms with Crippen LogP contribution in [0.1, 0.15) is 0 Å². The van der Waals surface area contributed by atoms with Gasteiger partial charge in [0.1, 0.15) is 0 Å². The summed E-state index contributed by atoms with van der Waals surface area (Å²) in [5.74, 6) is 0. The number of hydrogen-bond acceptors (Lipinski definition) is 2. The molecular formula is C6H4O2Se. The van der Waals surface area contributed by atoms with E-state index in [0.29, 0.717) is 8.94 Å². The first-order valence-corrected chi connectivity index (χ1v) is 5.67. The van der Waals surface area contributed by atoms with E-state index < -0.39 is 12.7 Å². The number of fused-ring (bicyclic) bond motifs is 2. The Balaban J connectivity index is 2.90. The van der Waals surface area contributed by atoms with Crippen LogP contribution in [0.4, 0.5) is 0 Å². The zero-order valence-electron chi connectivity index (χ0n) is 4.53. The Labute approximate surface area is 54.2 Å². The quantitative estimate of drug-likeness (QED) is 0.525. The fourth-order valence-electron chi connectivity index (χ4n) is 0.934. The third-order valence-electron chi connectivity index (χ3n) is 1.44. The first-order chi connectivity index (χ1) is 4.21. The second kappa shape index (κ2) is 1.25. The van der Waals surface area contributed by atoms with Gasteiger partial charge in [0.25, 0.3) is 0 Å². The van der Waals surface area contributed by atoms with Gasteiger partial charge in [-0.15, -0.1) is 0 Å². The van der Waals surface area contributed by atoms with Crippen molar-refractivity contribution in [3.8, 4) is 0 Å². The van der Waals surface area contributed by atoms with Crippen LogP contribution in [0.15, 0.2) is 33.2 Å². The molecule has 3 heteroatoms. The van der Waals surface area contributed by atoms with Crippen molar-refractivity contribution in [3.63, 3.8) is 0 Å². The molecule has 0 aromatic carbocycles. The molecule has 0 saturated carbocycles. The molecule has 2 bridgehead atoms. The zero-order valence-corrected chi connectivity index (χ0v) is 6.25. The topological polar surface area (TPSA) is 34.1 Å². The standard InChI is InChI=1S/C6H4O2Se/c7-9(8)5-1-2-6(9)4-3-5/h1-4H. The van der Waals surface area contributed by atoms with Crippen LogP contribution in [-0.4, -0.2) is 12.7 Å². The molecule has 0 atom stereocenters. The van der Waals surface area contributed by atoms with E-state index in [4.69, 9.17) is 0 Å². The molecule has 0 unspecified atom stereocenters. The second-order valence-corrected chi connectivity index (χ2v) is 6.07. The van der Waals surface area contributed by atoms with E-state index in [-0.39, 0.29) is 0 Å². The molecular weight excluding hydrogens is 183 g/mol. The van der Waals surface area contributed by atoms with Crippen LogP contribution in [0.2, 0.25) is 0 Å². The monoisotopic (exact) mass is 188 g/mol. The third-order valence-corrected chi connectivity index (χ3v) is 5.19. The molecule has 9 heavy (non-hydrogen) atoms. The van der Waals surface area contributed by atoms with Gasteiger partial charge in [0.2, 0.25) is 0 Å². The van der Waals surface area contributed by atoms with Gasteiger partial charge in [0.15, 0.2) is 0 Å². The van der Waals surface area contributed by atoms with Crippen molar-refractivity contribution >= 4 is 12.7 Å². The molecule has 2 nitrogen and oxygen atoms in total. The van der Waals surface area contributed by atoms with Crippen LogP contribution in [-0.2, 0) is 7.67 Å². The Hall–Kier alpha value is -0.661. The summed E-state index contributed by atoms with van der Waals surface area (Å²) in [5.41, 5.74) is 0. The van der Waals surface area contributed by atoms with Gasteiger partial charge in [-0.3, -0.25) is 0 Å². The molecule has 2 aliphatic heterocycles. The van der Waals surface area contributed by atoms with E-state index in [0.717, 1.165) is 0 Å². The third kappa shape index (κ3) is 0.460. The molecule has 0 aromatic heterocycles. The number of allylic oxidation sites excluding steroid dienone is 6. The van der Waals surface area contributed by atoms with E-state index >= 15 is 0 Å². The van der Waals surface area contributed by atoms with E-state index in [9.17, 15) is 7.67 Å².